The molecule has 0 aliphatic carbocycles. The summed E-state index contributed by atoms with van der Waals surface area (Å²) in [5.74, 6) is -1.56. The molecule has 2 N–H and O–H groups in total. The maximum Gasteiger partial charge on any atom is 0.193 e. The maximum absolute atomic E-state index is 13.0. The number of aliphatic hydroxyl groups is 1. The Balaban J connectivity index is 2.32. The van der Waals surface area contributed by atoms with Crippen LogP contribution in [0, 0.1) is 12.7 Å². The number of aliphatic hydroxyl groups excluding tert-OH is 1. The number of aromatic hydroxyl groups is 1. The molecular formula is C16H13FO3. The average molecular weight is 272 g/mol. The molecule has 0 unspecified atom stereocenters. The minimum absolute atomic E-state index is 0.0820. The fourth-order valence-corrected chi connectivity index (χ4v) is 1.78. The highest BCUT2D eigenvalue weighted by Crippen LogP contribution is 2.21. The van der Waals surface area contributed by atoms with Crippen LogP contribution in [-0.4, -0.2) is 16.0 Å². The van der Waals surface area contributed by atoms with Gasteiger partial charge in [-0.3, -0.25) is 4.79 Å². The quantitative estimate of drug-likeness (QED) is 0.509. The minimum Gasteiger partial charge on any atom is -0.507 e. The van der Waals surface area contributed by atoms with Crippen LogP contribution in [0.5, 0.6) is 5.75 Å². The molecule has 0 spiro atoms. The van der Waals surface area contributed by atoms with Gasteiger partial charge in [-0.1, -0.05) is 18.2 Å². The van der Waals surface area contributed by atoms with Crippen LogP contribution in [0.25, 0.3) is 5.76 Å². The topological polar surface area (TPSA) is 57.5 Å². The zero-order chi connectivity index (χ0) is 14.7. The molecule has 0 aliphatic heterocycles. The van der Waals surface area contributed by atoms with E-state index >= 15 is 0 Å². The number of phenolic OH excluding ortho intramolecular Hbond substituents is 1. The van der Waals surface area contributed by atoms with Crippen LogP contribution >= 0.6 is 0 Å². The monoisotopic (exact) mass is 272 g/mol. The third-order valence-corrected chi connectivity index (χ3v) is 2.81. The van der Waals surface area contributed by atoms with Gasteiger partial charge in [0.1, 0.15) is 17.3 Å². The van der Waals surface area contributed by atoms with E-state index in [1.54, 1.807) is 13.0 Å². The van der Waals surface area contributed by atoms with E-state index in [0.29, 0.717) is 0 Å². The van der Waals surface area contributed by atoms with E-state index in [0.717, 1.165) is 17.7 Å². The van der Waals surface area contributed by atoms with Crippen molar-refractivity contribution < 1.29 is 19.4 Å². The summed E-state index contributed by atoms with van der Waals surface area (Å²) in [5, 5.41) is 19.5. The largest absolute Gasteiger partial charge is 0.507 e. The predicted octanol–water partition coefficient (Wildman–Crippen LogP) is 3.62. The van der Waals surface area contributed by atoms with Crippen LogP contribution in [0.2, 0.25) is 0 Å². The van der Waals surface area contributed by atoms with Crippen molar-refractivity contribution in [3.8, 4) is 5.75 Å². The minimum atomic E-state index is -0.552. The molecule has 0 saturated heterocycles. The van der Waals surface area contributed by atoms with Crippen LogP contribution in [0.3, 0.4) is 0 Å². The van der Waals surface area contributed by atoms with Crippen molar-refractivity contribution >= 4 is 11.5 Å². The molecule has 102 valence electrons. The normalized spacial score (nSPS) is 11.4. The third-order valence-electron chi connectivity index (χ3n) is 2.81. The molecule has 0 radical (unpaired) electrons. The number of phenols is 1. The number of carbonyl (C=O) groups is 1. The fraction of sp³-hybridized carbons (Fsp3) is 0.0625. The fourth-order valence-electron chi connectivity index (χ4n) is 1.78. The zero-order valence-corrected chi connectivity index (χ0v) is 10.8. The number of carbonyl (C=O) groups excluding carboxylic acids is 1. The van der Waals surface area contributed by atoms with Gasteiger partial charge in [0.15, 0.2) is 5.78 Å². The van der Waals surface area contributed by atoms with E-state index in [1.807, 2.05) is 0 Å². The van der Waals surface area contributed by atoms with E-state index < -0.39 is 11.6 Å². The molecular weight excluding hydrogens is 259 g/mol. The molecule has 2 aromatic carbocycles. The first kappa shape index (κ1) is 13.8. The van der Waals surface area contributed by atoms with Crippen LogP contribution in [0.4, 0.5) is 4.39 Å². The lowest BCUT2D eigenvalue weighted by Crippen LogP contribution is -1.97. The standard InChI is InChI=1S/C16H13FO3/c1-10-5-6-13(15(19)7-10)16(20)9-14(18)11-3-2-4-12(17)8-11/h2-9,18-19H,1H3/b14-9-. The highest BCUT2D eigenvalue weighted by molar-refractivity contribution is 6.09. The van der Waals surface area contributed by atoms with Crippen LogP contribution in [0.15, 0.2) is 48.5 Å². The molecule has 0 aromatic heterocycles. The van der Waals surface area contributed by atoms with E-state index in [9.17, 15) is 19.4 Å². The Morgan fingerprint density at radius 3 is 2.60 bits per heavy atom. The van der Waals surface area contributed by atoms with Gasteiger partial charge >= 0.3 is 0 Å². The van der Waals surface area contributed by atoms with Crippen molar-refractivity contribution in [2.24, 2.45) is 0 Å². The van der Waals surface area contributed by atoms with Gasteiger partial charge in [0.2, 0.25) is 0 Å². The first-order valence-corrected chi connectivity index (χ1v) is 5.98. The Hall–Kier alpha value is -2.62. The molecule has 0 amide bonds. The molecule has 2 rings (SSSR count). The number of ketones is 1. The van der Waals surface area contributed by atoms with Gasteiger partial charge in [0, 0.05) is 11.6 Å². The molecule has 2 aromatic rings. The average Bonchev–Trinajstić information content (AvgIpc) is 2.38. The summed E-state index contributed by atoms with van der Waals surface area (Å²) in [5.41, 5.74) is 1.10. The van der Waals surface area contributed by atoms with Crippen molar-refractivity contribution in [2.45, 2.75) is 6.92 Å². The van der Waals surface area contributed by atoms with Gasteiger partial charge < -0.3 is 10.2 Å². The molecule has 0 fully saturated rings. The van der Waals surface area contributed by atoms with Gasteiger partial charge in [0.05, 0.1) is 5.56 Å². The summed E-state index contributed by atoms with van der Waals surface area (Å²) in [6, 6.07) is 9.89. The summed E-state index contributed by atoms with van der Waals surface area (Å²) in [7, 11) is 0. The molecule has 0 bridgehead atoms. The number of hydrogen-bond donors (Lipinski definition) is 2. The Morgan fingerprint density at radius 2 is 1.95 bits per heavy atom. The van der Waals surface area contributed by atoms with Gasteiger partial charge in [-0.05, 0) is 36.8 Å². The number of halogens is 1. The van der Waals surface area contributed by atoms with E-state index in [1.165, 1.54) is 30.3 Å². The molecule has 3 nitrogen and oxygen atoms in total. The maximum atomic E-state index is 13.0. The lowest BCUT2D eigenvalue weighted by molar-refractivity contribution is 0.104. The van der Waals surface area contributed by atoms with Gasteiger partial charge in [-0.25, -0.2) is 4.39 Å². The Labute approximate surface area is 115 Å². The Kier molecular flexibility index (Phi) is 3.84. The third kappa shape index (κ3) is 3.03. The second-order valence-corrected chi connectivity index (χ2v) is 4.42. The SMILES string of the molecule is Cc1ccc(C(=O)/C=C(\O)c2cccc(F)c2)c(O)c1. The van der Waals surface area contributed by atoms with Crippen molar-refractivity contribution in [2.75, 3.05) is 0 Å². The first-order chi connectivity index (χ1) is 9.47. The highest BCUT2D eigenvalue weighted by atomic mass is 19.1. The smallest absolute Gasteiger partial charge is 0.193 e. The summed E-state index contributed by atoms with van der Waals surface area (Å²) < 4.78 is 13.0. The lowest BCUT2D eigenvalue weighted by atomic mass is 10.1. The second-order valence-electron chi connectivity index (χ2n) is 4.42. The summed E-state index contributed by atoms with van der Waals surface area (Å²) in [6.45, 7) is 1.79. The number of aryl methyl sites for hydroxylation is 1. The first-order valence-electron chi connectivity index (χ1n) is 5.98. The molecule has 0 aliphatic rings. The van der Waals surface area contributed by atoms with Crippen molar-refractivity contribution in [3.05, 3.63) is 71.0 Å². The van der Waals surface area contributed by atoms with E-state index in [2.05, 4.69) is 0 Å². The molecule has 20 heavy (non-hydrogen) atoms. The van der Waals surface area contributed by atoms with Crippen molar-refractivity contribution in [1.29, 1.82) is 0 Å². The summed E-state index contributed by atoms with van der Waals surface area (Å²) in [4.78, 5) is 12.0. The summed E-state index contributed by atoms with van der Waals surface area (Å²) in [6.07, 6.45) is 0.958. The number of hydrogen-bond acceptors (Lipinski definition) is 3. The zero-order valence-electron chi connectivity index (χ0n) is 10.8. The number of rotatable bonds is 3. The van der Waals surface area contributed by atoms with Gasteiger partial charge in [0.25, 0.3) is 0 Å². The Morgan fingerprint density at radius 1 is 1.20 bits per heavy atom. The van der Waals surface area contributed by atoms with Crippen LogP contribution < -0.4 is 0 Å². The van der Waals surface area contributed by atoms with Crippen LogP contribution in [-0.2, 0) is 0 Å². The number of benzene rings is 2. The van der Waals surface area contributed by atoms with Crippen molar-refractivity contribution in [1.82, 2.24) is 0 Å². The van der Waals surface area contributed by atoms with Crippen LogP contribution in [0.1, 0.15) is 21.5 Å². The Bertz CT molecular complexity index is 690. The van der Waals surface area contributed by atoms with E-state index in [4.69, 9.17) is 0 Å². The van der Waals surface area contributed by atoms with Gasteiger partial charge in [-0.2, -0.15) is 0 Å². The molecule has 0 heterocycles. The number of allylic oxidation sites excluding steroid dienone is 1. The van der Waals surface area contributed by atoms with Gasteiger partial charge in [-0.15, -0.1) is 0 Å². The molecule has 4 heteroatoms. The highest BCUT2D eigenvalue weighted by Gasteiger charge is 2.11. The lowest BCUT2D eigenvalue weighted by Gasteiger charge is -2.03. The van der Waals surface area contributed by atoms with E-state index in [-0.39, 0.29) is 22.6 Å². The summed E-state index contributed by atoms with van der Waals surface area (Å²) >= 11 is 0. The predicted molar refractivity (Wildman–Crippen MR) is 74.2 cm³/mol. The van der Waals surface area contributed by atoms with Crippen molar-refractivity contribution in [3.63, 3.8) is 0 Å². The second kappa shape index (κ2) is 5.57. The molecule has 0 atom stereocenters. The molecule has 0 saturated carbocycles.